The number of nitrogens with zero attached hydrogens (tertiary/aromatic N) is 3. The van der Waals surface area contributed by atoms with Gasteiger partial charge < -0.3 is 9.47 Å². The van der Waals surface area contributed by atoms with Gasteiger partial charge in [-0.1, -0.05) is 35.9 Å². The lowest BCUT2D eigenvalue weighted by molar-refractivity contribution is -0.112. The van der Waals surface area contributed by atoms with Crippen LogP contribution in [-0.2, 0) is 14.6 Å². The van der Waals surface area contributed by atoms with Crippen LogP contribution in [0.1, 0.15) is 22.8 Å². The Labute approximate surface area is 209 Å². The zero-order valence-electron chi connectivity index (χ0n) is 18.3. The number of nitrogens with one attached hydrogen (secondary N) is 1. The van der Waals surface area contributed by atoms with Crippen LogP contribution in [-0.4, -0.2) is 43.4 Å². The third-order valence-corrected chi connectivity index (χ3v) is 7.69. The molecule has 180 valence electrons. The number of esters is 1. The molecule has 10 nitrogen and oxygen atoms in total. The lowest BCUT2D eigenvalue weighted by Gasteiger charge is -2.10. The van der Waals surface area contributed by atoms with E-state index in [-0.39, 0.29) is 37.9 Å². The number of anilines is 1. The van der Waals surface area contributed by atoms with E-state index in [2.05, 4.69) is 15.5 Å². The Kier molecular flexibility index (Phi) is 8.18. The van der Waals surface area contributed by atoms with Gasteiger partial charge in [0.2, 0.25) is 19.3 Å². The van der Waals surface area contributed by atoms with Crippen molar-refractivity contribution < 1.29 is 27.5 Å². The second kappa shape index (κ2) is 11.1. The van der Waals surface area contributed by atoms with Crippen molar-refractivity contribution in [3.05, 3.63) is 64.2 Å². The van der Waals surface area contributed by atoms with E-state index in [1.807, 2.05) is 0 Å². The van der Waals surface area contributed by atoms with Gasteiger partial charge in [-0.25, -0.2) is 13.2 Å². The van der Waals surface area contributed by atoms with E-state index < -0.39 is 21.7 Å². The van der Waals surface area contributed by atoms with Gasteiger partial charge in [-0.3, -0.25) is 10.1 Å². The van der Waals surface area contributed by atoms with Crippen molar-refractivity contribution in [1.82, 2.24) is 10.2 Å². The molecule has 0 fully saturated rings. The van der Waals surface area contributed by atoms with E-state index in [1.165, 1.54) is 50.4 Å². The lowest BCUT2D eigenvalue weighted by atomic mass is 10.1. The number of carbonyl (C=O) groups excluding carboxylic acids is 2. The zero-order chi connectivity index (χ0) is 25.6. The largest absolute Gasteiger partial charge is 0.493 e. The maximum atomic E-state index is 12.5. The van der Waals surface area contributed by atoms with Crippen molar-refractivity contribution >= 4 is 55.9 Å². The van der Waals surface area contributed by atoms with Gasteiger partial charge in [-0.2, -0.15) is 5.26 Å². The Morgan fingerprint density at radius 1 is 1.17 bits per heavy atom. The fourth-order valence-electron chi connectivity index (χ4n) is 2.59. The average molecular weight is 533 g/mol. The van der Waals surface area contributed by atoms with Crippen LogP contribution < -0.4 is 14.8 Å². The molecule has 0 radical (unpaired) electrons. The SMILES string of the molecule is CCS(=O)(=O)c1nnc(NC(=O)C(C#N)=Cc2ccc(OC(=O)c3ccc(Cl)cc3)c(OC)c2)s1. The van der Waals surface area contributed by atoms with Crippen LogP contribution in [0.2, 0.25) is 5.02 Å². The number of ether oxygens (including phenoxy) is 2. The average Bonchev–Trinajstić information content (AvgIpc) is 3.32. The second-order valence-corrected chi connectivity index (χ2v) is 10.6. The van der Waals surface area contributed by atoms with Gasteiger partial charge in [-0.15, -0.1) is 10.2 Å². The van der Waals surface area contributed by atoms with E-state index in [9.17, 15) is 23.3 Å². The molecule has 0 aliphatic carbocycles. The van der Waals surface area contributed by atoms with Crippen molar-refractivity contribution in [3.8, 4) is 17.6 Å². The molecule has 13 heteroatoms. The molecule has 0 aliphatic rings. The Bertz CT molecular complexity index is 1440. The van der Waals surface area contributed by atoms with Crippen LogP contribution in [0.15, 0.2) is 52.4 Å². The molecule has 35 heavy (non-hydrogen) atoms. The lowest BCUT2D eigenvalue weighted by Crippen LogP contribution is -2.13. The quantitative estimate of drug-likeness (QED) is 0.150. The first-order valence-electron chi connectivity index (χ1n) is 9.82. The number of aromatic nitrogens is 2. The van der Waals surface area contributed by atoms with Crippen LogP contribution in [0.4, 0.5) is 5.13 Å². The van der Waals surface area contributed by atoms with Gasteiger partial charge in [-0.05, 0) is 48.0 Å². The molecular formula is C22H17ClN4O6S2. The summed E-state index contributed by atoms with van der Waals surface area (Å²) in [6.45, 7) is 1.46. The highest BCUT2D eigenvalue weighted by Crippen LogP contribution is 2.30. The number of hydrogen-bond acceptors (Lipinski definition) is 10. The molecule has 1 amide bonds. The summed E-state index contributed by atoms with van der Waals surface area (Å²) in [6, 6.07) is 12.4. The molecule has 0 saturated carbocycles. The highest BCUT2D eigenvalue weighted by molar-refractivity contribution is 7.93. The number of sulfone groups is 1. The molecule has 3 aromatic rings. The number of hydrogen-bond donors (Lipinski definition) is 1. The van der Waals surface area contributed by atoms with E-state index in [0.29, 0.717) is 21.9 Å². The first kappa shape index (κ1) is 25.8. The maximum absolute atomic E-state index is 12.5. The van der Waals surface area contributed by atoms with Gasteiger partial charge in [0.15, 0.2) is 11.5 Å². The normalized spacial score (nSPS) is 11.4. The topological polar surface area (TPSA) is 148 Å². The number of nitriles is 1. The Morgan fingerprint density at radius 2 is 1.89 bits per heavy atom. The molecule has 2 aromatic carbocycles. The second-order valence-electron chi connectivity index (χ2n) is 6.71. The Morgan fingerprint density at radius 3 is 2.51 bits per heavy atom. The molecule has 0 unspecified atom stereocenters. The number of halogens is 1. The van der Waals surface area contributed by atoms with E-state index in [4.69, 9.17) is 21.1 Å². The summed E-state index contributed by atoms with van der Waals surface area (Å²) in [7, 11) is -2.20. The molecule has 0 atom stereocenters. The highest BCUT2D eigenvalue weighted by Gasteiger charge is 2.20. The van der Waals surface area contributed by atoms with Crippen molar-refractivity contribution in [3.63, 3.8) is 0 Å². The molecule has 3 rings (SSSR count). The third-order valence-electron chi connectivity index (χ3n) is 4.42. The standard InChI is InChI=1S/C22H17ClN4O6S2/c1-3-35(30,31)22-27-26-21(34-22)25-19(28)15(12-24)10-13-4-9-17(18(11-13)32-2)33-20(29)14-5-7-16(23)8-6-14/h4-11H,3H2,1-2H3,(H,25,26,28). The number of amides is 1. The van der Waals surface area contributed by atoms with Gasteiger partial charge >= 0.3 is 5.97 Å². The first-order valence-corrected chi connectivity index (χ1v) is 12.7. The van der Waals surface area contributed by atoms with Gasteiger partial charge in [0.1, 0.15) is 11.6 Å². The minimum atomic E-state index is -3.57. The fourth-order valence-corrected chi connectivity index (χ4v) is 4.70. The predicted octanol–water partition coefficient (Wildman–Crippen LogP) is 3.76. The minimum Gasteiger partial charge on any atom is -0.493 e. The summed E-state index contributed by atoms with van der Waals surface area (Å²) in [5.41, 5.74) is 0.412. The summed E-state index contributed by atoms with van der Waals surface area (Å²) < 4.78 is 34.1. The molecule has 0 saturated heterocycles. The maximum Gasteiger partial charge on any atom is 0.343 e. The van der Waals surface area contributed by atoms with Gasteiger partial charge in [0.05, 0.1) is 18.4 Å². The monoisotopic (exact) mass is 532 g/mol. The zero-order valence-corrected chi connectivity index (χ0v) is 20.7. The van der Waals surface area contributed by atoms with Gasteiger partial charge in [0.25, 0.3) is 5.91 Å². The molecule has 1 N–H and O–H groups in total. The van der Waals surface area contributed by atoms with E-state index >= 15 is 0 Å². The summed E-state index contributed by atoms with van der Waals surface area (Å²) in [5, 5.41) is 19.4. The molecular weight excluding hydrogens is 516 g/mol. The Balaban J connectivity index is 1.78. The van der Waals surface area contributed by atoms with Crippen LogP contribution >= 0.6 is 22.9 Å². The van der Waals surface area contributed by atoms with Crippen LogP contribution in [0.5, 0.6) is 11.5 Å². The molecule has 1 heterocycles. The molecule has 0 aliphatic heterocycles. The summed E-state index contributed by atoms with van der Waals surface area (Å²) in [6.07, 6.45) is 1.29. The number of rotatable bonds is 8. The number of benzene rings is 2. The minimum absolute atomic E-state index is 0.0646. The van der Waals surface area contributed by atoms with E-state index in [1.54, 1.807) is 18.2 Å². The van der Waals surface area contributed by atoms with Crippen molar-refractivity contribution in [2.24, 2.45) is 0 Å². The van der Waals surface area contributed by atoms with Crippen LogP contribution in [0.3, 0.4) is 0 Å². The molecule has 0 bridgehead atoms. The Hall–Kier alpha value is -3.79. The smallest absolute Gasteiger partial charge is 0.343 e. The van der Waals surface area contributed by atoms with E-state index in [0.717, 1.165) is 0 Å². The van der Waals surface area contributed by atoms with Crippen LogP contribution in [0, 0.1) is 11.3 Å². The number of methoxy groups -OCH3 is 1. The highest BCUT2D eigenvalue weighted by atomic mass is 35.5. The first-order chi connectivity index (χ1) is 16.7. The van der Waals surface area contributed by atoms with Crippen molar-refractivity contribution in [2.75, 3.05) is 18.2 Å². The molecule has 0 spiro atoms. The van der Waals surface area contributed by atoms with Gasteiger partial charge in [0, 0.05) is 5.02 Å². The molecule has 1 aromatic heterocycles. The van der Waals surface area contributed by atoms with Crippen LogP contribution in [0.25, 0.3) is 6.08 Å². The van der Waals surface area contributed by atoms with Crippen molar-refractivity contribution in [2.45, 2.75) is 11.3 Å². The summed E-state index contributed by atoms with van der Waals surface area (Å²) in [5.74, 6) is -1.27. The number of carbonyl (C=O) groups is 2. The summed E-state index contributed by atoms with van der Waals surface area (Å²) >= 11 is 6.51. The fraction of sp³-hybridized carbons (Fsp3) is 0.136. The predicted molar refractivity (Wildman–Crippen MR) is 129 cm³/mol. The third kappa shape index (κ3) is 6.42. The van der Waals surface area contributed by atoms with Crippen molar-refractivity contribution in [1.29, 1.82) is 5.26 Å². The summed E-state index contributed by atoms with van der Waals surface area (Å²) in [4.78, 5) is 24.9.